The van der Waals surface area contributed by atoms with E-state index in [4.69, 9.17) is 0 Å². The molecule has 0 heterocycles. The average molecular weight is 755 g/mol. The first-order chi connectivity index (χ1) is 21.9. The van der Waals surface area contributed by atoms with Crippen molar-refractivity contribution in [2.75, 3.05) is 0 Å². The molecule has 0 N–H and O–H groups in total. The Morgan fingerprint density at radius 3 is 1.81 bits per heavy atom. The van der Waals surface area contributed by atoms with Crippen molar-refractivity contribution in [2.45, 2.75) is 94.9 Å². The Labute approximate surface area is 311 Å². The second-order valence-electron chi connectivity index (χ2n) is 15.2. The summed E-state index contributed by atoms with van der Waals surface area (Å²) in [5.74, 6) is 0.512. The van der Waals surface area contributed by atoms with Gasteiger partial charge in [0.15, 0.2) is 0 Å². The van der Waals surface area contributed by atoms with Crippen molar-refractivity contribution in [3.63, 3.8) is 0 Å². The summed E-state index contributed by atoms with van der Waals surface area (Å²) in [5, 5.41) is 0. The quantitative estimate of drug-likeness (QED) is 0.212. The van der Waals surface area contributed by atoms with Gasteiger partial charge in [-0.25, -0.2) is 0 Å². The third-order valence-electron chi connectivity index (χ3n) is 10.6. The van der Waals surface area contributed by atoms with Gasteiger partial charge in [0.2, 0.25) is 0 Å². The summed E-state index contributed by atoms with van der Waals surface area (Å²) in [5.41, 5.74) is 19.0. The van der Waals surface area contributed by atoms with Gasteiger partial charge in [0.1, 0.15) is 0 Å². The third-order valence-corrected chi connectivity index (χ3v) is 18.9. The number of hydrogen-bond acceptors (Lipinski definition) is 0. The van der Waals surface area contributed by atoms with Crippen molar-refractivity contribution in [1.29, 1.82) is 0 Å². The number of hydrogen-bond donors (Lipinski definition) is 0. The minimum absolute atomic E-state index is 0. The molecular formula is C45H52Cl2Zr. The predicted octanol–water partition coefficient (Wildman–Crippen LogP) is 5.31. The van der Waals surface area contributed by atoms with Crippen LogP contribution >= 0.6 is 0 Å². The number of benzene rings is 4. The third kappa shape index (κ3) is 7.41. The smallest absolute Gasteiger partial charge is 1.00 e. The van der Waals surface area contributed by atoms with Gasteiger partial charge in [0.25, 0.3) is 0 Å². The van der Waals surface area contributed by atoms with E-state index in [-0.39, 0.29) is 30.2 Å². The maximum atomic E-state index is 2.71. The van der Waals surface area contributed by atoms with Crippen LogP contribution in [-0.4, -0.2) is 3.21 Å². The van der Waals surface area contributed by atoms with Crippen LogP contribution in [0, 0.1) is 52.9 Å². The molecular weight excluding hydrogens is 703 g/mol. The summed E-state index contributed by atoms with van der Waals surface area (Å²) in [6, 6.07) is 26.5. The van der Waals surface area contributed by atoms with Gasteiger partial charge < -0.3 is 24.8 Å². The Hall–Kier alpha value is -2.31. The molecule has 0 spiro atoms. The van der Waals surface area contributed by atoms with E-state index in [1.165, 1.54) is 86.0 Å². The predicted molar refractivity (Wildman–Crippen MR) is 197 cm³/mol. The second-order valence-corrected chi connectivity index (χ2v) is 20.9. The molecule has 0 nitrogen and oxygen atoms in total. The molecule has 48 heavy (non-hydrogen) atoms. The van der Waals surface area contributed by atoms with Crippen LogP contribution in [0.3, 0.4) is 0 Å². The van der Waals surface area contributed by atoms with Crippen LogP contribution in [0.1, 0.15) is 103 Å². The van der Waals surface area contributed by atoms with E-state index in [9.17, 15) is 0 Å². The standard InChI is InChI=1S/C17H17.C15H14.C13H21.2ClH.Zr/c1-10-5-14-9-15-6-11(2)13(4)8-17(15)16(14)7-12(10)3;1-12-3-7-14(8-4-12)11-15-9-5-13(2)6-10-15;1-5-6-7-11-8-9-12(10-11)13(2,3)4;;;/h5,7-8H,9H2,1-4H3;3-10H,1-2H3;9-11H,5-7H2,1-4H3;2*1H;/q;;;;;+2/p-2. The van der Waals surface area contributed by atoms with Gasteiger partial charge in [0.05, 0.1) is 0 Å². The van der Waals surface area contributed by atoms with E-state index >= 15 is 0 Å². The average Bonchev–Trinajstić information content (AvgIpc) is 3.59. The first-order valence-corrected chi connectivity index (χ1v) is 21.1. The monoisotopic (exact) mass is 752 g/mol. The molecule has 0 fully saturated rings. The molecule has 0 radical (unpaired) electrons. The van der Waals surface area contributed by atoms with Crippen LogP contribution in [0.5, 0.6) is 0 Å². The van der Waals surface area contributed by atoms with Crippen molar-refractivity contribution < 1.29 is 46.1 Å². The fourth-order valence-corrected chi connectivity index (χ4v) is 16.7. The summed E-state index contributed by atoms with van der Waals surface area (Å²) in [4.78, 5) is 0. The maximum absolute atomic E-state index is 2.89. The molecule has 2 aliphatic carbocycles. The zero-order chi connectivity index (χ0) is 32.9. The SMILES string of the molecule is CCCCC1C=C(C(C)(C)C)C=[C]1[Zr+2](=[C](c1ccc(C)cc1)c1ccc(C)cc1)[c]1c(C)c(C)cc2c1Cc1cc(C)c(C)cc1-2.[Cl-].[Cl-]. The van der Waals surface area contributed by atoms with Gasteiger partial charge in [-0.3, -0.25) is 0 Å². The van der Waals surface area contributed by atoms with Crippen molar-refractivity contribution in [3.8, 4) is 11.1 Å². The van der Waals surface area contributed by atoms with E-state index in [0.717, 1.165) is 6.42 Å². The molecule has 0 aliphatic heterocycles. The Kier molecular flexibility index (Phi) is 12.3. The Morgan fingerprint density at radius 2 is 1.27 bits per heavy atom. The van der Waals surface area contributed by atoms with E-state index in [1.54, 1.807) is 15.3 Å². The Bertz CT molecular complexity index is 1860. The maximum Gasteiger partial charge on any atom is -1.00 e. The Balaban J connectivity index is 0.00000260. The van der Waals surface area contributed by atoms with Crippen molar-refractivity contribution in [1.82, 2.24) is 0 Å². The largest absolute Gasteiger partial charge is 1.00 e. The second kappa shape index (κ2) is 15.3. The zero-order valence-electron chi connectivity index (χ0n) is 30.7. The molecule has 0 saturated carbocycles. The minimum Gasteiger partial charge on any atom is -1.00 e. The van der Waals surface area contributed by atoms with Gasteiger partial charge in [-0.15, -0.1) is 0 Å². The molecule has 4 aromatic rings. The van der Waals surface area contributed by atoms with Gasteiger partial charge in [-0.05, 0) is 0 Å². The summed E-state index contributed by atoms with van der Waals surface area (Å²) in [6.07, 6.45) is 10.2. The van der Waals surface area contributed by atoms with Gasteiger partial charge in [-0.1, -0.05) is 0 Å². The molecule has 3 heteroatoms. The van der Waals surface area contributed by atoms with Crippen molar-refractivity contribution >= 4 is 6.48 Å². The molecule has 4 aromatic carbocycles. The minimum atomic E-state index is -2.89. The fourth-order valence-electron chi connectivity index (χ4n) is 7.52. The number of halogens is 2. The van der Waals surface area contributed by atoms with E-state index in [1.807, 2.05) is 0 Å². The molecule has 0 amide bonds. The van der Waals surface area contributed by atoms with Crippen molar-refractivity contribution in [3.05, 3.63) is 143 Å². The van der Waals surface area contributed by atoms with E-state index in [2.05, 4.69) is 148 Å². The van der Waals surface area contributed by atoms with Crippen molar-refractivity contribution in [2.24, 2.45) is 11.3 Å². The van der Waals surface area contributed by atoms with Crippen LogP contribution in [0.25, 0.3) is 11.1 Å². The van der Waals surface area contributed by atoms with Gasteiger partial charge >= 0.3 is 288 Å². The number of fused-ring (bicyclic) bond motifs is 3. The number of unbranched alkanes of at least 4 members (excludes halogenated alkanes) is 1. The number of rotatable bonds is 7. The van der Waals surface area contributed by atoms with Crippen LogP contribution in [0.15, 0.2) is 87.7 Å². The van der Waals surface area contributed by atoms with Crippen LogP contribution in [-0.2, 0) is 27.7 Å². The summed E-state index contributed by atoms with van der Waals surface area (Å²) in [6.45, 7) is 23.4. The topological polar surface area (TPSA) is 0 Å². The molecule has 0 saturated heterocycles. The zero-order valence-corrected chi connectivity index (χ0v) is 34.6. The molecule has 0 bridgehead atoms. The molecule has 2 aliphatic rings. The molecule has 6 rings (SSSR count). The van der Waals surface area contributed by atoms with Crippen LogP contribution in [0.4, 0.5) is 0 Å². The Morgan fingerprint density at radius 1 is 0.729 bits per heavy atom. The first-order valence-electron chi connectivity index (χ1n) is 17.4. The molecule has 0 aromatic heterocycles. The summed E-state index contributed by atoms with van der Waals surface area (Å²) in [7, 11) is 0. The van der Waals surface area contributed by atoms with Crippen LogP contribution < -0.4 is 28.1 Å². The molecule has 250 valence electrons. The number of allylic oxidation sites excluding steroid dienone is 4. The van der Waals surface area contributed by atoms with Gasteiger partial charge in [0, 0.05) is 0 Å². The molecule has 1 unspecified atom stereocenters. The molecule has 1 atom stereocenters. The van der Waals surface area contributed by atoms with E-state index in [0.29, 0.717) is 5.92 Å². The summed E-state index contributed by atoms with van der Waals surface area (Å²) >= 11 is -2.89. The fraction of sp³-hybridized carbons (Fsp3) is 0.356. The van der Waals surface area contributed by atoms with Crippen LogP contribution in [0.2, 0.25) is 0 Å². The van der Waals surface area contributed by atoms with Gasteiger partial charge in [-0.2, -0.15) is 0 Å². The van der Waals surface area contributed by atoms with E-state index < -0.39 is 21.3 Å². The number of aryl methyl sites for hydroxylation is 5. The summed E-state index contributed by atoms with van der Waals surface area (Å²) < 4.78 is 5.14. The first kappa shape index (κ1) is 38.5. The normalized spacial score (nSPS) is 14.6.